The average Bonchev–Trinajstić information content (AvgIpc) is 2.96. The molecule has 1 fully saturated rings. The molecule has 1 aliphatic rings. The third-order valence-electron chi connectivity index (χ3n) is 3.22. The number of hydrogen-bond acceptors (Lipinski definition) is 6. The van der Waals surface area contributed by atoms with Crippen LogP contribution in [0.25, 0.3) is 10.2 Å². The molecule has 1 aliphatic heterocycles. The molecule has 0 aromatic carbocycles. The second-order valence-electron chi connectivity index (χ2n) is 4.38. The molecule has 0 amide bonds. The summed E-state index contributed by atoms with van der Waals surface area (Å²) in [6.07, 6.45) is -2.03. The van der Waals surface area contributed by atoms with Gasteiger partial charge >= 0.3 is 5.69 Å². The highest BCUT2D eigenvalue weighted by Crippen LogP contribution is 2.30. The summed E-state index contributed by atoms with van der Waals surface area (Å²) in [6.45, 7) is -0.317. The van der Waals surface area contributed by atoms with E-state index >= 15 is 0 Å². The van der Waals surface area contributed by atoms with E-state index in [-0.39, 0.29) is 13.0 Å². The Morgan fingerprint density at radius 3 is 3.00 bits per heavy atom. The van der Waals surface area contributed by atoms with E-state index in [0.29, 0.717) is 10.2 Å². The maximum Gasteiger partial charge on any atom is 0.331 e. The molecule has 8 heteroatoms. The molecule has 0 aliphatic carbocycles. The number of H-pyrrole nitrogens is 1. The minimum Gasteiger partial charge on any atom is -0.394 e. The van der Waals surface area contributed by atoms with Crippen LogP contribution in [0.1, 0.15) is 12.6 Å². The molecule has 3 rings (SSSR count). The second kappa shape index (κ2) is 4.57. The number of hydrogen-bond donors (Lipinski definition) is 3. The smallest absolute Gasteiger partial charge is 0.331 e. The number of fused-ring (bicyclic) bond motifs is 1. The highest BCUT2D eigenvalue weighted by molar-refractivity contribution is 7.17. The van der Waals surface area contributed by atoms with Crippen molar-refractivity contribution < 1.29 is 14.9 Å². The zero-order chi connectivity index (χ0) is 13.6. The van der Waals surface area contributed by atoms with Gasteiger partial charge in [0.15, 0.2) is 0 Å². The van der Waals surface area contributed by atoms with Crippen molar-refractivity contribution in [2.45, 2.75) is 24.9 Å². The summed E-state index contributed by atoms with van der Waals surface area (Å²) in [7, 11) is 0. The van der Waals surface area contributed by atoms with E-state index in [1.54, 1.807) is 11.4 Å². The van der Waals surface area contributed by atoms with Gasteiger partial charge in [0.05, 0.1) is 18.2 Å². The Bertz CT molecular complexity index is 718. The van der Waals surface area contributed by atoms with Gasteiger partial charge in [-0.2, -0.15) is 0 Å². The monoisotopic (exact) mass is 284 g/mol. The molecule has 3 heterocycles. The molecule has 102 valence electrons. The van der Waals surface area contributed by atoms with Crippen molar-refractivity contribution in [2.75, 3.05) is 6.61 Å². The Morgan fingerprint density at radius 1 is 1.53 bits per heavy atom. The highest BCUT2D eigenvalue weighted by Gasteiger charge is 2.35. The van der Waals surface area contributed by atoms with Gasteiger partial charge in [0.2, 0.25) is 0 Å². The number of aliphatic hydroxyl groups excluding tert-OH is 2. The van der Waals surface area contributed by atoms with Crippen LogP contribution in [0, 0.1) is 0 Å². The standard InChI is InChI=1S/C11H12N2O5S/c14-4-7-6(15)3-8(18-7)13-5-1-2-19-9(5)10(16)12-11(13)17/h1-2,6-8,14-15H,3-4H2,(H,12,16,17)/t6?,7-,8?/m1/s1. The summed E-state index contributed by atoms with van der Waals surface area (Å²) < 4.78 is 7.20. The number of aromatic nitrogens is 2. The van der Waals surface area contributed by atoms with Gasteiger partial charge in [-0.25, -0.2) is 4.79 Å². The summed E-state index contributed by atoms with van der Waals surface area (Å²) in [5.74, 6) is 0. The molecule has 19 heavy (non-hydrogen) atoms. The summed E-state index contributed by atoms with van der Waals surface area (Å²) >= 11 is 1.23. The molecule has 2 aromatic rings. The van der Waals surface area contributed by atoms with Crippen molar-refractivity contribution in [2.24, 2.45) is 0 Å². The van der Waals surface area contributed by atoms with Crippen LogP contribution in [0.4, 0.5) is 0 Å². The van der Waals surface area contributed by atoms with Gasteiger partial charge in [-0.3, -0.25) is 14.3 Å². The molecule has 7 nitrogen and oxygen atoms in total. The Labute approximate surface area is 110 Å². The molecule has 3 N–H and O–H groups in total. The van der Waals surface area contributed by atoms with E-state index in [1.807, 2.05) is 0 Å². The summed E-state index contributed by atoms with van der Waals surface area (Å²) in [4.78, 5) is 25.8. The minimum atomic E-state index is -0.831. The lowest BCUT2D eigenvalue weighted by Crippen LogP contribution is -2.32. The van der Waals surface area contributed by atoms with Crippen LogP contribution in [-0.4, -0.2) is 38.6 Å². The molecule has 2 aromatic heterocycles. The molecule has 3 atom stereocenters. The Kier molecular flexibility index (Phi) is 3.02. The number of ether oxygens (including phenoxy) is 1. The third-order valence-corrected chi connectivity index (χ3v) is 4.12. The van der Waals surface area contributed by atoms with Crippen molar-refractivity contribution in [3.63, 3.8) is 0 Å². The molecular formula is C11H12N2O5S. The molecule has 0 bridgehead atoms. The number of rotatable bonds is 2. The van der Waals surface area contributed by atoms with Crippen molar-refractivity contribution in [1.29, 1.82) is 0 Å². The fraction of sp³-hybridized carbons (Fsp3) is 0.455. The first kappa shape index (κ1) is 12.5. The third kappa shape index (κ3) is 1.93. The lowest BCUT2D eigenvalue weighted by atomic mass is 10.2. The van der Waals surface area contributed by atoms with Crippen LogP contribution in [0.5, 0.6) is 0 Å². The van der Waals surface area contributed by atoms with Crippen LogP contribution < -0.4 is 11.2 Å². The fourth-order valence-corrected chi connectivity index (χ4v) is 3.09. The average molecular weight is 284 g/mol. The Hall–Kier alpha value is -1.48. The van der Waals surface area contributed by atoms with Gasteiger partial charge in [0.1, 0.15) is 17.0 Å². The maximum atomic E-state index is 11.9. The van der Waals surface area contributed by atoms with Crippen LogP contribution in [0.15, 0.2) is 21.0 Å². The number of nitrogens with one attached hydrogen (secondary N) is 1. The number of aromatic amines is 1. The van der Waals surface area contributed by atoms with E-state index in [0.717, 1.165) is 0 Å². The first-order chi connectivity index (χ1) is 9.11. The van der Waals surface area contributed by atoms with Crippen LogP contribution in [0.2, 0.25) is 0 Å². The summed E-state index contributed by atoms with van der Waals surface area (Å²) in [5, 5.41) is 20.5. The van der Waals surface area contributed by atoms with Gasteiger partial charge < -0.3 is 14.9 Å². The van der Waals surface area contributed by atoms with Gasteiger partial charge in [-0.15, -0.1) is 11.3 Å². The molecular weight excluding hydrogens is 272 g/mol. The Morgan fingerprint density at radius 2 is 2.32 bits per heavy atom. The Balaban J connectivity index is 2.14. The predicted molar refractivity (Wildman–Crippen MR) is 68.3 cm³/mol. The van der Waals surface area contributed by atoms with Crippen molar-refractivity contribution in [3.05, 3.63) is 32.3 Å². The van der Waals surface area contributed by atoms with Crippen molar-refractivity contribution in [3.8, 4) is 0 Å². The number of aliphatic hydroxyl groups is 2. The molecule has 2 unspecified atom stereocenters. The lowest BCUT2D eigenvalue weighted by molar-refractivity contribution is -0.0443. The molecule has 0 saturated carbocycles. The van der Waals surface area contributed by atoms with Gasteiger partial charge in [-0.1, -0.05) is 0 Å². The van der Waals surface area contributed by atoms with E-state index in [9.17, 15) is 14.7 Å². The van der Waals surface area contributed by atoms with E-state index < -0.39 is 29.7 Å². The quantitative estimate of drug-likeness (QED) is 0.682. The zero-order valence-electron chi connectivity index (χ0n) is 9.78. The van der Waals surface area contributed by atoms with Crippen molar-refractivity contribution >= 4 is 21.6 Å². The zero-order valence-corrected chi connectivity index (χ0v) is 10.6. The van der Waals surface area contributed by atoms with Crippen molar-refractivity contribution in [1.82, 2.24) is 9.55 Å². The first-order valence-electron chi connectivity index (χ1n) is 5.78. The van der Waals surface area contributed by atoms with Crippen LogP contribution in [0.3, 0.4) is 0 Å². The van der Waals surface area contributed by atoms with Crippen LogP contribution >= 0.6 is 11.3 Å². The maximum absolute atomic E-state index is 11.9. The largest absolute Gasteiger partial charge is 0.394 e. The second-order valence-corrected chi connectivity index (χ2v) is 5.30. The summed E-state index contributed by atoms with van der Waals surface area (Å²) in [6, 6.07) is 1.67. The molecule has 1 saturated heterocycles. The highest BCUT2D eigenvalue weighted by atomic mass is 32.1. The van der Waals surface area contributed by atoms with Gasteiger partial charge in [-0.05, 0) is 11.4 Å². The van der Waals surface area contributed by atoms with Gasteiger partial charge in [0, 0.05) is 6.42 Å². The van der Waals surface area contributed by atoms with Crippen LogP contribution in [-0.2, 0) is 4.74 Å². The predicted octanol–water partition coefficient (Wildman–Crippen LogP) is -0.608. The lowest BCUT2D eigenvalue weighted by Gasteiger charge is -2.15. The molecule has 0 radical (unpaired) electrons. The number of thiophene rings is 1. The first-order valence-corrected chi connectivity index (χ1v) is 6.66. The normalized spacial score (nSPS) is 27.2. The molecule has 0 spiro atoms. The SMILES string of the molecule is O=c1[nH]c(=O)n(C2CC(O)[C@@H](CO)O2)c2ccsc12. The van der Waals surface area contributed by atoms with Gasteiger partial charge in [0.25, 0.3) is 5.56 Å². The topological polar surface area (TPSA) is 105 Å². The fourth-order valence-electron chi connectivity index (χ4n) is 2.31. The van der Waals surface area contributed by atoms with E-state index in [4.69, 9.17) is 9.84 Å². The summed E-state index contributed by atoms with van der Waals surface area (Å²) in [5.41, 5.74) is -0.523. The van der Waals surface area contributed by atoms with E-state index in [1.165, 1.54) is 15.9 Å². The van der Waals surface area contributed by atoms with E-state index in [2.05, 4.69) is 4.98 Å². The number of nitrogens with zero attached hydrogens (tertiary/aromatic N) is 1. The minimum absolute atomic E-state index is 0.197.